The molecule has 2 aromatic rings. The molecule has 21 heavy (non-hydrogen) atoms. The van der Waals surface area contributed by atoms with Crippen molar-refractivity contribution in [3.63, 3.8) is 0 Å². The van der Waals surface area contributed by atoms with Crippen molar-refractivity contribution >= 4 is 12.2 Å². The number of aliphatic hydroxyl groups excluding tert-OH is 1. The highest BCUT2D eigenvalue weighted by atomic mass is 16.3. The minimum absolute atomic E-state index is 0.0998. The molecule has 2 rings (SSSR count). The van der Waals surface area contributed by atoms with Gasteiger partial charge in [0, 0.05) is 18.6 Å². The zero-order valence-corrected chi connectivity index (χ0v) is 11.5. The predicted octanol–water partition coefficient (Wildman–Crippen LogP) is 0.765. The summed E-state index contributed by atoms with van der Waals surface area (Å²) in [6.07, 6.45) is 1.81. The van der Waals surface area contributed by atoms with Crippen molar-refractivity contribution < 1.29 is 10.2 Å². The van der Waals surface area contributed by atoms with Crippen LogP contribution >= 0.6 is 0 Å². The van der Waals surface area contributed by atoms with Crippen molar-refractivity contribution in [2.24, 2.45) is 5.10 Å². The maximum atomic E-state index is 11.8. The molecule has 1 heterocycles. The molecule has 0 amide bonds. The summed E-state index contributed by atoms with van der Waals surface area (Å²) in [6, 6.07) is 6.50. The lowest BCUT2D eigenvalue weighted by Gasteiger charge is -2.05. The van der Waals surface area contributed by atoms with E-state index in [4.69, 9.17) is 10.2 Å². The Kier molecular flexibility index (Phi) is 4.68. The first kappa shape index (κ1) is 14.7. The molecular weight excluding hydrogens is 272 g/mol. The summed E-state index contributed by atoms with van der Waals surface area (Å²) in [7, 11) is 0. The van der Waals surface area contributed by atoms with Crippen LogP contribution in [0.4, 0.5) is 5.95 Å². The van der Waals surface area contributed by atoms with Crippen LogP contribution in [-0.4, -0.2) is 33.0 Å². The van der Waals surface area contributed by atoms with Crippen molar-refractivity contribution in [1.29, 1.82) is 0 Å². The molecule has 0 fully saturated rings. The Morgan fingerprint density at radius 2 is 2.10 bits per heavy atom. The molecule has 0 aliphatic heterocycles. The van der Waals surface area contributed by atoms with E-state index in [1.807, 2.05) is 0 Å². The second-order valence-electron chi connectivity index (χ2n) is 4.41. The van der Waals surface area contributed by atoms with Gasteiger partial charge in [-0.3, -0.25) is 9.78 Å². The molecule has 0 saturated heterocycles. The summed E-state index contributed by atoms with van der Waals surface area (Å²) in [5, 5.41) is 22.0. The van der Waals surface area contributed by atoms with Crippen molar-refractivity contribution in [3.05, 3.63) is 51.4 Å². The Morgan fingerprint density at radius 1 is 1.38 bits per heavy atom. The fourth-order valence-electron chi connectivity index (χ4n) is 1.80. The smallest absolute Gasteiger partial charge is 0.255 e. The molecule has 0 bridgehead atoms. The number of phenolic OH excluding ortho intramolecular Hbond substituents is 1. The molecular formula is C14H16N4O3. The Balaban J connectivity index is 2.10. The minimum Gasteiger partial charge on any atom is -0.508 e. The Labute approximate surface area is 121 Å². The number of nitrogens with zero attached hydrogens (tertiary/aromatic N) is 2. The summed E-state index contributed by atoms with van der Waals surface area (Å²) in [6.45, 7) is 1.60. The van der Waals surface area contributed by atoms with Gasteiger partial charge in [0.1, 0.15) is 5.75 Å². The van der Waals surface area contributed by atoms with Crippen molar-refractivity contribution in [2.45, 2.75) is 13.3 Å². The molecule has 4 N–H and O–H groups in total. The number of phenols is 1. The van der Waals surface area contributed by atoms with E-state index in [0.29, 0.717) is 11.3 Å². The molecule has 0 saturated carbocycles. The summed E-state index contributed by atoms with van der Waals surface area (Å²) < 4.78 is 0. The number of hydrazone groups is 1. The van der Waals surface area contributed by atoms with Crippen LogP contribution in [0.25, 0.3) is 0 Å². The van der Waals surface area contributed by atoms with Gasteiger partial charge in [0.15, 0.2) is 0 Å². The molecule has 0 unspecified atom stereocenters. The zero-order chi connectivity index (χ0) is 15.2. The molecule has 0 radical (unpaired) electrons. The molecule has 0 aliphatic rings. The van der Waals surface area contributed by atoms with E-state index in [1.165, 1.54) is 6.21 Å². The number of hydrogen-bond donors (Lipinski definition) is 4. The van der Waals surface area contributed by atoms with Crippen LogP contribution < -0.4 is 11.0 Å². The molecule has 1 aromatic heterocycles. The summed E-state index contributed by atoms with van der Waals surface area (Å²) >= 11 is 0. The number of aromatic hydroxyl groups is 1. The van der Waals surface area contributed by atoms with Gasteiger partial charge < -0.3 is 10.2 Å². The topological polar surface area (TPSA) is 111 Å². The molecule has 7 heteroatoms. The van der Waals surface area contributed by atoms with Gasteiger partial charge in [-0.2, -0.15) is 5.10 Å². The number of anilines is 1. The maximum absolute atomic E-state index is 11.8. The maximum Gasteiger partial charge on any atom is 0.255 e. The fourth-order valence-corrected chi connectivity index (χ4v) is 1.80. The van der Waals surface area contributed by atoms with Gasteiger partial charge in [-0.1, -0.05) is 0 Å². The van der Waals surface area contributed by atoms with Crippen LogP contribution in [0, 0.1) is 6.92 Å². The largest absolute Gasteiger partial charge is 0.508 e. The number of rotatable bonds is 5. The van der Waals surface area contributed by atoms with Crippen molar-refractivity contribution in [2.75, 3.05) is 12.0 Å². The average molecular weight is 288 g/mol. The third kappa shape index (κ3) is 3.90. The summed E-state index contributed by atoms with van der Waals surface area (Å²) in [5.74, 6) is 0.412. The monoisotopic (exact) mass is 288 g/mol. The van der Waals surface area contributed by atoms with Gasteiger partial charge in [-0.05, 0) is 36.8 Å². The van der Waals surface area contributed by atoms with Gasteiger partial charge >= 0.3 is 0 Å². The van der Waals surface area contributed by atoms with E-state index in [1.54, 1.807) is 31.2 Å². The fraction of sp³-hybridized carbons (Fsp3) is 0.214. The van der Waals surface area contributed by atoms with Crippen LogP contribution in [0.3, 0.4) is 0 Å². The molecule has 110 valence electrons. The molecule has 0 spiro atoms. The van der Waals surface area contributed by atoms with E-state index in [0.717, 1.165) is 5.56 Å². The first-order chi connectivity index (χ1) is 10.1. The second-order valence-corrected chi connectivity index (χ2v) is 4.41. The number of aromatic amines is 1. The normalized spacial score (nSPS) is 11.0. The van der Waals surface area contributed by atoms with E-state index < -0.39 is 0 Å². The van der Waals surface area contributed by atoms with E-state index in [2.05, 4.69) is 20.5 Å². The van der Waals surface area contributed by atoms with Gasteiger partial charge in [0.25, 0.3) is 5.56 Å². The lowest BCUT2D eigenvalue weighted by atomic mass is 10.2. The Bertz CT molecular complexity index is 692. The van der Waals surface area contributed by atoms with Crippen LogP contribution in [0.1, 0.15) is 16.8 Å². The third-order valence-corrected chi connectivity index (χ3v) is 2.86. The lowest BCUT2D eigenvalue weighted by molar-refractivity contribution is 0.298. The van der Waals surface area contributed by atoms with Crippen molar-refractivity contribution in [1.82, 2.24) is 9.97 Å². The van der Waals surface area contributed by atoms with Crippen LogP contribution in [-0.2, 0) is 6.42 Å². The first-order valence-electron chi connectivity index (χ1n) is 6.39. The van der Waals surface area contributed by atoms with E-state index >= 15 is 0 Å². The van der Waals surface area contributed by atoms with Crippen molar-refractivity contribution in [3.8, 4) is 5.75 Å². The predicted molar refractivity (Wildman–Crippen MR) is 79.7 cm³/mol. The summed E-state index contributed by atoms with van der Waals surface area (Å²) in [5.41, 5.74) is 4.15. The molecule has 7 nitrogen and oxygen atoms in total. The SMILES string of the molecule is Cc1nc(N/N=C\c2ccc(O)cc2)[nH]c(=O)c1CCO. The quantitative estimate of drug-likeness (QED) is 0.479. The van der Waals surface area contributed by atoms with E-state index in [-0.39, 0.29) is 30.3 Å². The Hall–Kier alpha value is -2.67. The highest BCUT2D eigenvalue weighted by molar-refractivity contribution is 5.80. The zero-order valence-electron chi connectivity index (χ0n) is 11.5. The number of nitrogens with one attached hydrogen (secondary N) is 2. The number of aryl methyl sites for hydroxylation is 1. The van der Waals surface area contributed by atoms with E-state index in [9.17, 15) is 4.79 Å². The van der Waals surface area contributed by atoms with Gasteiger partial charge in [0.2, 0.25) is 5.95 Å². The van der Waals surface area contributed by atoms with Gasteiger partial charge in [-0.15, -0.1) is 0 Å². The average Bonchev–Trinajstić information content (AvgIpc) is 2.45. The highest BCUT2D eigenvalue weighted by Crippen LogP contribution is 2.08. The molecule has 0 atom stereocenters. The van der Waals surface area contributed by atoms with Crippen LogP contribution in [0.5, 0.6) is 5.75 Å². The lowest BCUT2D eigenvalue weighted by Crippen LogP contribution is -2.19. The third-order valence-electron chi connectivity index (χ3n) is 2.86. The van der Waals surface area contributed by atoms with Gasteiger partial charge in [-0.25, -0.2) is 10.4 Å². The summed E-state index contributed by atoms with van der Waals surface area (Å²) in [4.78, 5) is 18.5. The first-order valence-corrected chi connectivity index (χ1v) is 6.39. The van der Waals surface area contributed by atoms with Crippen LogP contribution in [0.15, 0.2) is 34.2 Å². The number of benzene rings is 1. The number of hydrogen-bond acceptors (Lipinski definition) is 6. The number of H-pyrrole nitrogens is 1. The number of aliphatic hydroxyl groups is 1. The highest BCUT2D eigenvalue weighted by Gasteiger charge is 2.06. The minimum atomic E-state index is -0.293. The molecule has 0 aliphatic carbocycles. The van der Waals surface area contributed by atoms with Crippen LogP contribution in [0.2, 0.25) is 0 Å². The van der Waals surface area contributed by atoms with Gasteiger partial charge in [0.05, 0.1) is 11.9 Å². The number of aromatic nitrogens is 2. The standard InChI is InChI=1S/C14H16N4O3/c1-9-12(6-7-19)13(21)17-14(16-9)18-15-8-10-2-4-11(20)5-3-10/h2-5,8,19-20H,6-7H2,1H3,(H2,16,17,18,21)/b15-8-. The molecule has 1 aromatic carbocycles. The second kappa shape index (κ2) is 6.67. The Morgan fingerprint density at radius 3 is 2.71 bits per heavy atom.